The Kier molecular flexibility index (Phi) is 3.27. The molecule has 12 heavy (non-hydrogen) atoms. The lowest BCUT2D eigenvalue weighted by Crippen LogP contribution is -2.14. The van der Waals surface area contributed by atoms with Crippen molar-refractivity contribution in [3.05, 3.63) is 23.8 Å². The summed E-state index contributed by atoms with van der Waals surface area (Å²) >= 11 is 0. The predicted molar refractivity (Wildman–Crippen MR) is 50.9 cm³/mol. The minimum absolute atomic E-state index is 0.339. The largest absolute Gasteiger partial charge is 0.295 e. The van der Waals surface area contributed by atoms with Gasteiger partial charge in [-0.05, 0) is 31.3 Å². The molecule has 1 nitrogen and oxygen atoms in total. The number of allylic oxidation sites excluding steroid dienone is 4. The maximum absolute atomic E-state index is 11.3. The molecule has 0 amide bonds. The van der Waals surface area contributed by atoms with Gasteiger partial charge in [0.2, 0.25) is 0 Å². The molecule has 1 atom stereocenters. The van der Waals surface area contributed by atoms with E-state index >= 15 is 0 Å². The van der Waals surface area contributed by atoms with Gasteiger partial charge in [-0.2, -0.15) is 0 Å². The van der Waals surface area contributed by atoms with Crippen LogP contribution in [0.25, 0.3) is 0 Å². The van der Waals surface area contributed by atoms with Crippen LogP contribution in [0.15, 0.2) is 23.8 Å². The molecule has 0 aromatic carbocycles. The molecule has 0 aromatic heterocycles. The van der Waals surface area contributed by atoms with Crippen LogP contribution in [-0.2, 0) is 4.79 Å². The second-order valence-corrected chi connectivity index (χ2v) is 3.49. The number of Topliss-reactive ketones (excluding diaryl/α,β-unsaturated/α-hetero) is 1. The van der Waals surface area contributed by atoms with Crippen molar-refractivity contribution in [1.29, 1.82) is 0 Å². The van der Waals surface area contributed by atoms with E-state index in [0.717, 1.165) is 24.8 Å². The van der Waals surface area contributed by atoms with Crippen molar-refractivity contribution in [2.45, 2.75) is 33.1 Å². The molecule has 1 heteroatoms. The molecule has 1 aliphatic carbocycles. The third-order valence-corrected chi connectivity index (χ3v) is 2.28. The summed E-state index contributed by atoms with van der Waals surface area (Å²) < 4.78 is 0. The van der Waals surface area contributed by atoms with Crippen LogP contribution in [0.4, 0.5) is 0 Å². The minimum Gasteiger partial charge on any atom is -0.295 e. The number of rotatable bonds is 1. The zero-order valence-corrected chi connectivity index (χ0v) is 7.84. The Labute approximate surface area is 74.2 Å². The molecule has 0 bridgehead atoms. The van der Waals surface area contributed by atoms with Gasteiger partial charge in [-0.15, -0.1) is 0 Å². The maximum atomic E-state index is 11.3. The summed E-state index contributed by atoms with van der Waals surface area (Å²) in [4.78, 5) is 11.3. The molecule has 0 saturated heterocycles. The summed E-state index contributed by atoms with van der Waals surface area (Å²) in [5, 5.41) is 0. The van der Waals surface area contributed by atoms with Gasteiger partial charge in [-0.25, -0.2) is 0 Å². The summed E-state index contributed by atoms with van der Waals surface area (Å²) in [6.07, 6.45) is 8.63. The van der Waals surface area contributed by atoms with Gasteiger partial charge in [0.1, 0.15) is 0 Å². The predicted octanol–water partition coefficient (Wildman–Crippen LogP) is 2.88. The molecular weight excluding hydrogens is 148 g/mol. The molecule has 1 aliphatic rings. The topological polar surface area (TPSA) is 17.1 Å². The quantitative estimate of drug-likeness (QED) is 0.545. The number of carbonyl (C=O) groups excluding carboxylic acids is 1. The van der Waals surface area contributed by atoms with Crippen molar-refractivity contribution in [2.75, 3.05) is 0 Å². The minimum atomic E-state index is 0.339. The van der Waals surface area contributed by atoms with Crippen LogP contribution in [-0.4, -0.2) is 5.78 Å². The van der Waals surface area contributed by atoms with E-state index in [0.29, 0.717) is 11.7 Å². The molecule has 66 valence electrons. The van der Waals surface area contributed by atoms with E-state index < -0.39 is 0 Å². The monoisotopic (exact) mass is 164 g/mol. The smallest absolute Gasteiger partial charge is 0.158 e. The first kappa shape index (κ1) is 9.24. The van der Waals surface area contributed by atoms with E-state index in [1.165, 1.54) is 0 Å². The van der Waals surface area contributed by atoms with Gasteiger partial charge in [0.25, 0.3) is 0 Å². The second-order valence-electron chi connectivity index (χ2n) is 3.49. The Balaban J connectivity index is 2.66. The van der Waals surface area contributed by atoms with Crippen LogP contribution in [0.2, 0.25) is 0 Å². The highest BCUT2D eigenvalue weighted by Crippen LogP contribution is 2.25. The van der Waals surface area contributed by atoms with E-state index in [4.69, 9.17) is 0 Å². The second kappa shape index (κ2) is 4.24. The number of hydrogen-bond donors (Lipinski definition) is 0. The Morgan fingerprint density at radius 1 is 1.50 bits per heavy atom. The Morgan fingerprint density at radius 2 is 2.25 bits per heavy atom. The summed E-state index contributed by atoms with van der Waals surface area (Å²) in [6, 6.07) is 0. The van der Waals surface area contributed by atoms with Crippen molar-refractivity contribution >= 4 is 5.78 Å². The number of ketones is 1. The van der Waals surface area contributed by atoms with Crippen LogP contribution in [0, 0.1) is 5.92 Å². The van der Waals surface area contributed by atoms with Crippen LogP contribution in [0.3, 0.4) is 0 Å². The van der Waals surface area contributed by atoms with Crippen molar-refractivity contribution in [1.82, 2.24) is 0 Å². The fourth-order valence-corrected chi connectivity index (χ4v) is 1.50. The first-order chi connectivity index (χ1) is 5.74. The highest BCUT2D eigenvalue weighted by molar-refractivity contribution is 5.96. The molecule has 1 fully saturated rings. The SMILES string of the molecule is C/C=C/C=C1/CC(C)CCC1=O. The van der Waals surface area contributed by atoms with Crippen LogP contribution >= 0.6 is 0 Å². The summed E-state index contributed by atoms with van der Waals surface area (Å²) in [5.74, 6) is 1.02. The summed E-state index contributed by atoms with van der Waals surface area (Å²) in [7, 11) is 0. The Morgan fingerprint density at radius 3 is 2.92 bits per heavy atom. The molecule has 0 radical (unpaired) electrons. The summed E-state index contributed by atoms with van der Waals surface area (Å²) in [6.45, 7) is 4.17. The van der Waals surface area contributed by atoms with E-state index in [1.54, 1.807) is 0 Å². The number of carbonyl (C=O) groups is 1. The van der Waals surface area contributed by atoms with Gasteiger partial charge >= 0.3 is 0 Å². The first-order valence-electron chi connectivity index (χ1n) is 4.59. The third-order valence-electron chi connectivity index (χ3n) is 2.28. The molecule has 1 unspecified atom stereocenters. The number of hydrogen-bond acceptors (Lipinski definition) is 1. The standard InChI is InChI=1S/C11H16O/c1-3-4-5-10-8-9(2)6-7-11(10)12/h3-5,9H,6-8H2,1-2H3/b4-3+,10-5-. The normalized spacial score (nSPS) is 28.7. The zero-order chi connectivity index (χ0) is 8.97. The maximum Gasteiger partial charge on any atom is 0.158 e. The van der Waals surface area contributed by atoms with E-state index in [2.05, 4.69) is 6.92 Å². The van der Waals surface area contributed by atoms with Crippen LogP contribution in [0.5, 0.6) is 0 Å². The van der Waals surface area contributed by atoms with Crippen molar-refractivity contribution in [2.24, 2.45) is 5.92 Å². The van der Waals surface area contributed by atoms with Gasteiger partial charge in [0, 0.05) is 6.42 Å². The van der Waals surface area contributed by atoms with Crippen molar-refractivity contribution in [3.8, 4) is 0 Å². The molecule has 0 N–H and O–H groups in total. The lowest BCUT2D eigenvalue weighted by atomic mass is 9.85. The Bertz CT molecular complexity index is 223. The highest BCUT2D eigenvalue weighted by atomic mass is 16.1. The van der Waals surface area contributed by atoms with Gasteiger partial charge in [-0.1, -0.05) is 25.2 Å². The van der Waals surface area contributed by atoms with Gasteiger partial charge in [-0.3, -0.25) is 4.79 Å². The first-order valence-corrected chi connectivity index (χ1v) is 4.59. The fourth-order valence-electron chi connectivity index (χ4n) is 1.50. The Hall–Kier alpha value is -0.850. The average molecular weight is 164 g/mol. The zero-order valence-electron chi connectivity index (χ0n) is 7.84. The van der Waals surface area contributed by atoms with Crippen molar-refractivity contribution in [3.63, 3.8) is 0 Å². The molecule has 1 rings (SSSR count). The van der Waals surface area contributed by atoms with Crippen LogP contribution < -0.4 is 0 Å². The van der Waals surface area contributed by atoms with Crippen molar-refractivity contribution < 1.29 is 4.79 Å². The highest BCUT2D eigenvalue weighted by Gasteiger charge is 2.19. The summed E-state index contributed by atoms with van der Waals surface area (Å²) in [5.41, 5.74) is 1.01. The average Bonchev–Trinajstić information content (AvgIpc) is 2.07. The van der Waals surface area contributed by atoms with Gasteiger partial charge < -0.3 is 0 Å². The molecule has 0 aromatic rings. The molecule has 0 heterocycles. The fraction of sp³-hybridized carbons (Fsp3) is 0.545. The third kappa shape index (κ3) is 2.33. The van der Waals surface area contributed by atoms with Crippen LogP contribution in [0.1, 0.15) is 33.1 Å². The molecule has 0 aliphatic heterocycles. The van der Waals surface area contributed by atoms with E-state index in [1.807, 2.05) is 25.2 Å². The molecule has 1 saturated carbocycles. The van der Waals surface area contributed by atoms with E-state index in [-0.39, 0.29) is 0 Å². The molecular formula is C11H16O. The van der Waals surface area contributed by atoms with Gasteiger partial charge in [0.15, 0.2) is 5.78 Å². The molecule has 0 spiro atoms. The lowest BCUT2D eigenvalue weighted by Gasteiger charge is -2.18. The van der Waals surface area contributed by atoms with Gasteiger partial charge in [0.05, 0.1) is 0 Å². The lowest BCUT2D eigenvalue weighted by molar-refractivity contribution is -0.116. The van der Waals surface area contributed by atoms with E-state index in [9.17, 15) is 4.79 Å².